The normalized spacial score (nSPS) is 18.7. The van der Waals surface area contributed by atoms with Gasteiger partial charge in [-0.1, -0.05) is 13.8 Å². The Morgan fingerprint density at radius 3 is 2.81 bits per heavy atom. The van der Waals surface area contributed by atoms with E-state index < -0.39 is 5.54 Å². The van der Waals surface area contributed by atoms with E-state index in [0.717, 1.165) is 31.3 Å². The van der Waals surface area contributed by atoms with Crippen LogP contribution in [0.1, 0.15) is 32.6 Å². The SMILES string of the molecule is CC(C)CNCc1cnc(N2CCN(C)C(=O)C2(C)C)s1. The Balaban J connectivity index is 2.05. The standard InChI is InChI=1S/C15H26N4OS/c1-11(2)8-16-9-12-10-17-14(21-12)19-7-6-18(5)13(20)15(19,3)4/h10-11,16H,6-9H2,1-5H3. The molecule has 1 fully saturated rings. The largest absolute Gasteiger partial charge is 0.342 e. The highest BCUT2D eigenvalue weighted by atomic mass is 32.1. The van der Waals surface area contributed by atoms with Gasteiger partial charge in [0.2, 0.25) is 5.91 Å². The first-order valence-corrected chi connectivity index (χ1v) is 8.32. The lowest BCUT2D eigenvalue weighted by atomic mass is 9.99. The summed E-state index contributed by atoms with van der Waals surface area (Å²) in [6.07, 6.45) is 1.92. The molecule has 1 aliphatic heterocycles. The molecule has 0 aliphatic carbocycles. The second kappa shape index (κ2) is 6.32. The molecule has 1 aromatic heterocycles. The molecule has 2 heterocycles. The first-order valence-electron chi connectivity index (χ1n) is 7.51. The van der Waals surface area contributed by atoms with Crippen LogP contribution in [0.5, 0.6) is 0 Å². The van der Waals surface area contributed by atoms with Crippen LogP contribution in [-0.4, -0.2) is 48.0 Å². The first kappa shape index (κ1) is 16.2. The molecule has 1 amide bonds. The van der Waals surface area contributed by atoms with Crippen molar-refractivity contribution < 1.29 is 4.79 Å². The number of hydrogen-bond acceptors (Lipinski definition) is 5. The molecular formula is C15H26N4OS. The van der Waals surface area contributed by atoms with Gasteiger partial charge in [-0.15, -0.1) is 11.3 Å². The Bertz CT molecular complexity index is 498. The summed E-state index contributed by atoms with van der Waals surface area (Å²) in [7, 11) is 1.87. The molecule has 1 saturated heterocycles. The second-order valence-electron chi connectivity index (χ2n) is 6.57. The number of rotatable bonds is 5. The van der Waals surface area contributed by atoms with Gasteiger partial charge in [0.25, 0.3) is 0 Å². The molecule has 0 bridgehead atoms. The first-order chi connectivity index (χ1) is 9.82. The van der Waals surface area contributed by atoms with Crippen molar-refractivity contribution in [2.24, 2.45) is 5.92 Å². The lowest BCUT2D eigenvalue weighted by Gasteiger charge is -2.44. The van der Waals surface area contributed by atoms with Gasteiger partial charge in [0, 0.05) is 37.8 Å². The van der Waals surface area contributed by atoms with Crippen molar-refractivity contribution in [1.29, 1.82) is 0 Å². The zero-order valence-corrected chi connectivity index (χ0v) is 14.5. The van der Waals surface area contributed by atoms with E-state index >= 15 is 0 Å². The van der Waals surface area contributed by atoms with Gasteiger partial charge >= 0.3 is 0 Å². The molecule has 0 radical (unpaired) electrons. The monoisotopic (exact) mass is 310 g/mol. The van der Waals surface area contributed by atoms with E-state index in [1.165, 1.54) is 4.88 Å². The molecule has 1 aromatic rings. The summed E-state index contributed by atoms with van der Waals surface area (Å²) in [5.41, 5.74) is -0.520. The molecule has 2 rings (SSSR count). The zero-order chi connectivity index (χ0) is 15.6. The number of thiazole rings is 1. The highest BCUT2D eigenvalue weighted by Gasteiger charge is 2.41. The van der Waals surface area contributed by atoms with Crippen LogP contribution in [0.4, 0.5) is 5.13 Å². The van der Waals surface area contributed by atoms with Gasteiger partial charge < -0.3 is 15.1 Å². The van der Waals surface area contributed by atoms with Crippen LogP contribution in [0.2, 0.25) is 0 Å². The van der Waals surface area contributed by atoms with Gasteiger partial charge in [0.05, 0.1) is 0 Å². The van der Waals surface area contributed by atoms with Crippen molar-refractivity contribution in [1.82, 2.24) is 15.2 Å². The fourth-order valence-electron chi connectivity index (χ4n) is 2.54. The Kier molecular flexibility index (Phi) is 4.88. The molecule has 0 aromatic carbocycles. The maximum atomic E-state index is 12.3. The molecule has 0 unspecified atom stereocenters. The number of carbonyl (C=O) groups excluding carboxylic acids is 1. The van der Waals surface area contributed by atoms with E-state index in [-0.39, 0.29) is 5.91 Å². The summed E-state index contributed by atoms with van der Waals surface area (Å²) in [6.45, 7) is 11.8. The van der Waals surface area contributed by atoms with Gasteiger partial charge in [-0.3, -0.25) is 4.79 Å². The number of hydrogen-bond donors (Lipinski definition) is 1. The number of piperazine rings is 1. The highest BCUT2D eigenvalue weighted by molar-refractivity contribution is 7.15. The van der Waals surface area contributed by atoms with Gasteiger partial charge in [0.1, 0.15) is 5.54 Å². The maximum Gasteiger partial charge on any atom is 0.247 e. The minimum Gasteiger partial charge on any atom is -0.342 e. The lowest BCUT2D eigenvalue weighted by molar-refractivity contribution is -0.136. The fourth-order valence-corrected chi connectivity index (χ4v) is 3.59. The number of amides is 1. The summed E-state index contributed by atoms with van der Waals surface area (Å²) in [6, 6.07) is 0. The van der Waals surface area contributed by atoms with E-state index in [2.05, 4.69) is 29.0 Å². The quantitative estimate of drug-likeness (QED) is 0.903. The summed E-state index contributed by atoms with van der Waals surface area (Å²) >= 11 is 1.68. The van der Waals surface area contributed by atoms with Crippen LogP contribution in [0.3, 0.4) is 0 Å². The van der Waals surface area contributed by atoms with Crippen LogP contribution >= 0.6 is 11.3 Å². The zero-order valence-electron chi connectivity index (χ0n) is 13.6. The number of nitrogens with zero attached hydrogens (tertiary/aromatic N) is 3. The molecule has 5 nitrogen and oxygen atoms in total. The van der Waals surface area contributed by atoms with Crippen molar-refractivity contribution >= 4 is 22.4 Å². The van der Waals surface area contributed by atoms with E-state index in [1.54, 1.807) is 16.2 Å². The molecule has 118 valence electrons. The van der Waals surface area contributed by atoms with E-state index in [0.29, 0.717) is 5.92 Å². The van der Waals surface area contributed by atoms with Crippen molar-refractivity contribution in [2.45, 2.75) is 39.8 Å². The fraction of sp³-hybridized carbons (Fsp3) is 0.733. The molecule has 6 heteroatoms. The van der Waals surface area contributed by atoms with Gasteiger partial charge in [0.15, 0.2) is 5.13 Å². The Hall–Kier alpha value is -1.14. The summed E-state index contributed by atoms with van der Waals surface area (Å²) < 4.78 is 0. The number of nitrogens with one attached hydrogen (secondary N) is 1. The molecular weight excluding hydrogens is 284 g/mol. The van der Waals surface area contributed by atoms with Crippen LogP contribution in [0, 0.1) is 5.92 Å². The van der Waals surface area contributed by atoms with Crippen molar-refractivity contribution in [3.63, 3.8) is 0 Å². The summed E-state index contributed by atoms with van der Waals surface area (Å²) in [4.78, 5) is 22.0. The number of anilines is 1. The van der Waals surface area contributed by atoms with Crippen molar-refractivity contribution in [2.75, 3.05) is 31.6 Å². The number of aromatic nitrogens is 1. The molecule has 1 N–H and O–H groups in total. The third-order valence-corrected chi connectivity index (χ3v) is 4.85. The second-order valence-corrected chi connectivity index (χ2v) is 7.66. The third kappa shape index (κ3) is 3.55. The molecule has 21 heavy (non-hydrogen) atoms. The van der Waals surface area contributed by atoms with Gasteiger partial charge in [-0.05, 0) is 26.3 Å². The van der Waals surface area contributed by atoms with Crippen LogP contribution in [-0.2, 0) is 11.3 Å². The molecule has 0 saturated carbocycles. The van der Waals surface area contributed by atoms with Crippen molar-refractivity contribution in [3.8, 4) is 0 Å². The Morgan fingerprint density at radius 1 is 1.43 bits per heavy atom. The average molecular weight is 310 g/mol. The van der Waals surface area contributed by atoms with E-state index in [9.17, 15) is 4.79 Å². The Labute approximate surface area is 131 Å². The van der Waals surface area contributed by atoms with Crippen molar-refractivity contribution in [3.05, 3.63) is 11.1 Å². The minimum absolute atomic E-state index is 0.156. The third-order valence-electron chi connectivity index (χ3n) is 3.83. The highest BCUT2D eigenvalue weighted by Crippen LogP contribution is 2.31. The number of likely N-dealkylation sites (N-methyl/N-ethyl adjacent to an activating group) is 1. The topological polar surface area (TPSA) is 48.5 Å². The maximum absolute atomic E-state index is 12.3. The van der Waals surface area contributed by atoms with E-state index in [4.69, 9.17) is 0 Å². The van der Waals surface area contributed by atoms with Crippen LogP contribution in [0.15, 0.2) is 6.20 Å². The van der Waals surface area contributed by atoms with E-state index in [1.807, 2.05) is 27.1 Å². The van der Waals surface area contributed by atoms with Crippen LogP contribution in [0.25, 0.3) is 0 Å². The Morgan fingerprint density at radius 2 is 2.14 bits per heavy atom. The van der Waals surface area contributed by atoms with Crippen LogP contribution < -0.4 is 10.2 Å². The van der Waals surface area contributed by atoms with Gasteiger partial charge in [-0.2, -0.15) is 0 Å². The predicted octanol–water partition coefficient (Wildman–Crippen LogP) is 1.95. The molecule has 1 aliphatic rings. The molecule has 0 spiro atoms. The lowest BCUT2D eigenvalue weighted by Crippen LogP contribution is -2.62. The number of carbonyl (C=O) groups is 1. The predicted molar refractivity (Wildman–Crippen MR) is 87.7 cm³/mol. The summed E-state index contributed by atoms with van der Waals surface area (Å²) in [5, 5.41) is 4.38. The van der Waals surface area contributed by atoms with Gasteiger partial charge in [-0.25, -0.2) is 4.98 Å². The summed E-state index contributed by atoms with van der Waals surface area (Å²) in [5.74, 6) is 0.801. The molecule has 0 atom stereocenters. The smallest absolute Gasteiger partial charge is 0.247 e. The minimum atomic E-state index is -0.520. The average Bonchev–Trinajstić information content (AvgIpc) is 2.84.